The monoisotopic (exact) mass is 294 g/mol. The quantitative estimate of drug-likeness (QED) is 0.628. The number of benzene rings is 1. The van der Waals surface area contributed by atoms with Crippen LogP contribution < -0.4 is 5.06 Å². The Balaban J connectivity index is 2.08. The van der Waals surface area contributed by atoms with Crippen molar-refractivity contribution in [2.24, 2.45) is 0 Å². The third-order valence-corrected chi connectivity index (χ3v) is 4.00. The van der Waals surface area contributed by atoms with Crippen molar-refractivity contribution in [3.63, 3.8) is 0 Å². The minimum atomic E-state index is -0.194. The van der Waals surface area contributed by atoms with Crippen LogP contribution in [0.25, 0.3) is 11.8 Å². The molecule has 0 fully saturated rings. The molecule has 1 atom stereocenters. The first-order chi connectivity index (χ1) is 10.5. The molecule has 0 radical (unpaired) electrons. The van der Waals surface area contributed by atoms with Crippen molar-refractivity contribution < 1.29 is 10.2 Å². The van der Waals surface area contributed by atoms with E-state index in [-0.39, 0.29) is 10.8 Å². The number of nitrogens with zero attached hydrogens (tertiary/aromatic N) is 1. The number of nitrogens with one attached hydrogen (secondary N) is 1. The van der Waals surface area contributed by atoms with Gasteiger partial charge in [0.05, 0.1) is 0 Å². The van der Waals surface area contributed by atoms with Crippen molar-refractivity contribution in [2.45, 2.75) is 20.8 Å². The van der Waals surface area contributed by atoms with E-state index in [4.69, 9.17) is 0 Å². The molecule has 1 aromatic carbocycles. The molecule has 1 aliphatic rings. The minimum Gasteiger partial charge on any atom is -0.623 e. The number of aromatic nitrogens is 1. The predicted molar refractivity (Wildman–Crippen MR) is 87.5 cm³/mol. The summed E-state index contributed by atoms with van der Waals surface area (Å²) in [7, 11) is 0. The van der Waals surface area contributed by atoms with Crippen molar-refractivity contribution in [3.8, 4) is 0 Å². The number of fused-ring (bicyclic) bond motifs is 1. The van der Waals surface area contributed by atoms with Crippen molar-refractivity contribution in [1.29, 1.82) is 0 Å². The first-order valence-corrected chi connectivity index (χ1v) is 7.18. The second-order valence-electron chi connectivity index (χ2n) is 5.61. The Hall–Kier alpha value is -2.43. The van der Waals surface area contributed by atoms with Gasteiger partial charge in [-0.15, -0.1) is 0 Å². The van der Waals surface area contributed by atoms with E-state index < -0.39 is 0 Å². The lowest BCUT2D eigenvalue weighted by atomic mass is 10.0. The second kappa shape index (κ2) is 5.40. The maximum absolute atomic E-state index is 12.6. The smallest absolute Gasteiger partial charge is 0.185 e. The SMILES string of the molecule is Cc1ccc2c(n1)C=CC(=C(O)c1ccc(C)c(C)c1)[NH+]2[O-]. The van der Waals surface area contributed by atoms with Gasteiger partial charge in [0.1, 0.15) is 5.69 Å². The Kier molecular flexibility index (Phi) is 3.56. The number of aliphatic hydroxyl groups is 1. The Morgan fingerprint density at radius 1 is 1.05 bits per heavy atom. The molecule has 0 aliphatic carbocycles. The second-order valence-corrected chi connectivity index (χ2v) is 5.61. The number of allylic oxidation sites excluding steroid dienone is 1. The van der Waals surface area contributed by atoms with Gasteiger partial charge in [-0.25, -0.2) is 4.98 Å². The highest BCUT2D eigenvalue weighted by Gasteiger charge is 2.22. The molecule has 0 saturated carbocycles. The van der Waals surface area contributed by atoms with Gasteiger partial charge in [0.15, 0.2) is 17.1 Å². The molecule has 22 heavy (non-hydrogen) atoms. The van der Waals surface area contributed by atoms with E-state index in [1.54, 1.807) is 24.3 Å². The largest absolute Gasteiger partial charge is 0.623 e. The van der Waals surface area contributed by atoms with Crippen LogP contribution in [0.1, 0.15) is 28.1 Å². The average Bonchev–Trinajstić information content (AvgIpc) is 2.49. The standard InChI is InChI=1S/C18H18N2O2/c1-11-4-6-14(10-12(11)2)18(21)17-9-7-15-16(20(17)22)8-5-13(3)19-15/h4-10,20-21H,1-3H3. The van der Waals surface area contributed by atoms with Crippen LogP contribution in [0.15, 0.2) is 42.1 Å². The molecule has 1 aromatic heterocycles. The molecular formula is C18H18N2O2. The van der Waals surface area contributed by atoms with Crippen LogP contribution in [0.5, 0.6) is 0 Å². The maximum Gasteiger partial charge on any atom is 0.185 e. The van der Waals surface area contributed by atoms with Gasteiger partial charge in [0, 0.05) is 23.4 Å². The van der Waals surface area contributed by atoms with Crippen LogP contribution >= 0.6 is 0 Å². The number of pyridine rings is 1. The summed E-state index contributed by atoms with van der Waals surface area (Å²) in [6, 6.07) is 9.23. The third-order valence-electron chi connectivity index (χ3n) is 4.00. The minimum absolute atomic E-state index is 0.00979. The molecule has 2 heterocycles. The van der Waals surface area contributed by atoms with Crippen molar-refractivity contribution in [3.05, 3.63) is 75.4 Å². The van der Waals surface area contributed by atoms with Crippen LogP contribution in [0.3, 0.4) is 0 Å². The molecule has 4 heteroatoms. The number of aliphatic hydroxyl groups excluding tert-OH is 1. The molecule has 0 amide bonds. The first-order valence-electron chi connectivity index (χ1n) is 7.18. The number of hydrogen-bond donors (Lipinski definition) is 2. The molecule has 2 aromatic rings. The summed E-state index contributed by atoms with van der Waals surface area (Å²) in [5.41, 5.74) is 5.23. The van der Waals surface area contributed by atoms with Gasteiger partial charge >= 0.3 is 0 Å². The summed E-state index contributed by atoms with van der Waals surface area (Å²) in [5.74, 6) is 0.00979. The summed E-state index contributed by atoms with van der Waals surface area (Å²) in [4.78, 5) is 4.34. The van der Waals surface area contributed by atoms with E-state index in [9.17, 15) is 10.3 Å². The van der Waals surface area contributed by atoms with E-state index in [2.05, 4.69) is 4.98 Å². The molecule has 0 bridgehead atoms. The zero-order chi connectivity index (χ0) is 15.9. The predicted octanol–water partition coefficient (Wildman–Crippen LogP) is 2.97. The van der Waals surface area contributed by atoms with Crippen LogP contribution in [0.4, 0.5) is 5.69 Å². The summed E-state index contributed by atoms with van der Waals surface area (Å²) in [5, 5.41) is 22.9. The highest BCUT2D eigenvalue weighted by Crippen LogP contribution is 2.23. The number of rotatable bonds is 1. The molecular weight excluding hydrogens is 276 g/mol. The van der Waals surface area contributed by atoms with Crippen LogP contribution in [-0.4, -0.2) is 10.1 Å². The first kappa shape index (κ1) is 14.5. The Morgan fingerprint density at radius 3 is 2.55 bits per heavy atom. The zero-order valence-electron chi connectivity index (χ0n) is 12.8. The number of hydroxylamine groups is 1. The average molecular weight is 294 g/mol. The fourth-order valence-corrected chi connectivity index (χ4v) is 2.51. The number of quaternary nitrogens is 1. The number of hydrogen-bond acceptors (Lipinski definition) is 3. The molecule has 0 saturated heterocycles. The lowest BCUT2D eigenvalue weighted by molar-refractivity contribution is -0.727. The Morgan fingerprint density at radius 2 is 1.82 bits per heavy atom. The molecule has 1 aliphatic heterocycles. The fraction of sp³-hybridized carbons (Fsp3) is 0.167. The molecule has 1 unspecified atom stereocenters. The van der Waals surface area contributed by atoms with Gasteiger partial charge < -0.3 is 15.4 Å². The number of aryl methyl sites for hydroxylation is 3. The van der Waals surface area contributed by atoms with Crippen LogP contribution in [0.2, 0.25) is 0 Å². The summed E-state index contributed by atoms with van der Waals surface area (Å²) in [6.45, 7) is 5.88. The summed E-state index contributed by atoms with van der Waals surface area (Å²) < 4.78 is 0. The van der Waals surface area contributed by atoms with Gasteiger partial charge in [-0.2, -0.15) is 0 Å². The Labute approximate surface area is 129 Å². The van der Waals surface area contributed by atoms with Crippen LogP contribution in [0, 0.1) is 26.0 Å². The topological polar surface area (TPSA) is 60.6 Å². The van der Waals surface area contributed by atoms with Crippen molar-refractivity contribution in [1.82, 2.24) is 4.98 Å². The maximum atomic E-state index is 12.6. The van der Waals surface area contributed by atoms with Gasteiger partial charge in [-0.1, -0.05) is 12.1 Å². The Bertz CT molecular complexity index is 807. The van der Waals surface area contributed by atoms with Gasteiger partial charge in [-0.3, -0.25) is 0 Å². The molecule has 0 spiro atoms. The van der Waals surface area contributed by atoms with E-state index >= 15 is 0 Å². The highest BCUT2D eigenvalue weighted by molar-refractivity contribution is 5.70. The van der Waals surface area contributed by atoms with Crippen molar-refractivity contribution in [2.75, 3.05) is 0 Å². The van der Waals surface area contributed by atoms with Crippen molar-refractivity contribution >= 4 is 17.5 Å². The van der Waals surface area contributed by atoms with Crippen LogP contribution in [-0.2, 0) is 0 Å². The lowest BCUT2D eigenvalue weighted by Gasteiger charge is -2.27. The summed E-state index contributed by atoms with van der Waals surface area (Å²) >= 11 is 0. The van der Waals surface area contributed by atoms with E-state index in [0.29, 0.717) is 22.6 Å². The molecule has 2 N–H and O–H groups in total. The van der Waals surface area contributed by atoms with Gasteiger partial charge in [0.25, 0.3) is 0 Å². The zero-order valence-corrected chi connectivity index (χ0v) is 12.8. The fourth-order valence-electron chi connectivity index (χ4n) is 2.51. The van der Waals surface area contributed by atoms with Gasteiger partial charge in [-0.05, 0) is 50.1 Å². The third kappa shape index (κ3) is 2.43. The molecule has 112 valence electrons. The molecule has 4 nitrogen and oxygen atoms in total. The molecule has 3 rings (SSSR count). The summed E-state index contributed by atoms with van der Waals surface area (Å²) in [6.07, 6.45) is 3.41. The van der Waals surface area contributed by atoms with E-state index in [1.165, 1.54) is 0 Å². The van der Waals surface area contributed by atoms with E-state index in [1.807, 2.05) is 39.0 Å². The van der Waals surface area contributed by atoms with Gasteiger partial charge in [0.2, 0.25) is 0 Å². The van der Waals surface area contributed by atoms with E-state index in [0.717, 1.165) is 16.8 Å². The normalized spacial score (nSPS) is 19.0. The lowest BCUT2D eigenvalue weighted by Crippen LogP contribution is -3.00. The highest BCUT2D eigenvalue weighted by atomic mass is 16.5.